The monoisotopic (exact) mass is 256 g/mol. The Balaban J connectivity index is 2.92. The summed E-state index contributed by atoms with van der Waals surface area (Å²) in [7, 11) is 0. The Morgan fingerprint density at radius 1 is 1.17 bits per heavy atom. The van der Waals surface area contributed by atoms with E-state index >= 15 is 0 Å². The first-order valence-corrected chi connectivity index (χ1v) is 6.51. The van der Waals surface area contributed by atoms with E-state index in [-0.39, 0.29) is 30.4 Å². The zero-order valence-electron chi connectivity index (χ0n) is 11.3. The van der Waals surface area contributed by atoms with Crippen LogP contribution in [-0.2, 0) is 5.92 Å². The van der Waals surface area contributed by atoms with Crippen molar-refractivity contribution in [3.63, 3.8) is 0 Å². The van der Waals surface area contributed by atoms with Crippen LogP contribution in [0.4, 0.5) is 8.78 Å². The Hall–Kier alpha value is -0.960. The van der Waals surface area contributed by atoms with E-state index in [1.807, 2.05) is 13.8 Å². The number of hydrogen-bond acceptors (Lipinski definition) is 1. The minimum atomic E-state index is -2.75. The molecule has 1 nitrogen and oxygen atoms in total. The molecule has 0 amide bonds. The van der Waals surface area contributed by atoms with Crippen LogP contribution in [0.1, 0.15) is 50.7 Å². The Bertz CT molecular complexity index is 357. The molecular weight excluding hydrogens is 234 g/mol. The van der Waals surface area contributed by atoms with Crippen LogP contribution in [0.2, 0.25) is 0 Å². The largest absolute Gasteiger partial charge is 0.396 e. The zero-order valence-corrected chi connectivity index (χ0v) is 11.3. The van der Waals surface area contributed by atoms with Gasteiger partial charge in [0.2, 0.25) is 0 Å². The van der Waals surface area contributed by atoms with E-state index in [1.165, 1.54) is 12.1 Å². The van der Waals surface area contributed by atoms with Crippen molar-refractivity contribution < 1.29 is 13.9 Å². The van der Waals surface area contributed by atoms with E-state index in [2.05, 4.69) is 0 Å². The predicted octanol–water partition coefficient (Wildman–Crippen LogP) is 4.31. The molecule has 0 saturated heterocycles. The molecule has 0 spiro atoms. The molecule has 0 heterocycles. The maximum atomic E-state index is 13.7. The lowest BCUT2D eigenvalue weighted by Gasteiger charge is -2.20. The highest BCUT2D eigenvalue weighted by molar-refractivity contribution is 5.28. The topological polar surface area (TPSA) is 20.2 Å². The van der Waals surface area contributed by atoms with Crippen LogP contribution in [0.25, 0.3) is 0 Å². The van der Waals surface area contributed by atoms with Crippen molar-refractivity contribution in [1.82, 2.24) is 0 Å². The summed E-state index contributed by atoms with van der Waals surface area (Å²) in [5.74, 6) is -2.45. The van der Waals surface area contributed by atoms with Crippen LogP contribution in [0.5, 0.6) is 0 Å². The van der Waals surface area contributed by atoms with E-state index < -0.39 is 5.92 Å². The molecule has 1 atom stereocenters. The molecule has 0 aliphatic rings. The van der Waals surface area contributed by atoms with Gasteiger partial charge in [0.1, 0.15) is 0 Å². The zero-order chi connectivity index (χ0) is 13.8. The molecule has 1 rings (SSSR count). The lowest BCUT2D eigenvalue weighted by atomic mass is 9.88. The van der Waals surface area contributed by atoms with Gasteiger partial charge in [0, 0.05) is 17.9 Å². The fourth-order valence-corrected chi connectivity index (χ4v) is 2.13. The molecule has 1 aromatic carbocycles. The average molecular weight is 256 g/mol. The Morgan fingerprint density at radius 2 is 1.72 bits per heavy atom. The van der Waals surface area contributed by atoms with Crippen LogP contribution in [-0.4, -0.2) is 11.7 Å². The van der Waals surface area contributed by atoms with Gasteiger partial charge in [0.25, 0.3) is 5.92 Å². The van der Waals surface area contributed by atoms with E-state index in [0.29, 0.717) is 6.42 Å². The fraction of sp³-hybridized carbons (Fsp3) is 0.600. The Morgan fingerprint density at radius 3 is 2.11 bits per heavy atom. The van der Waals surface area contributed by atoms with Crippen molar-refractivity contribution in [1.29, 1.82) is 0 Å². The molecule has 0 saturated carbocycles. The van der Waals surface area contributed by atoms with Gasteiger partial charge in [-0.3, -0.25) is 0 Å². The maximum Gasteiger partial charge on any atom is 0.273 e. The highest BCUT2D eigenvalue weighted by Crippen LogP contribution is 2.34. The first-order chi connectivity index (χ1) is 8.42. The van der Waals surface area contributed by atoms with E-state index in [9.17, 15) is 13.9 Å². The number of halogens is 2. The predicted molar refractivity (Wildman–Crippen MR) is 69.9 cm³/mol. The molecule has 0 aliphatic heterocycles. The summed E-state index contributed by atoms with van der Waals surface area (Å²) < 4.78 is 27.4. The average Bonchev–Trinajstić information content (AvgIpc) is 2.30. The summed E-state index contributed by atoms with van der Waals surface area (Å²) in [5.41, 5.74) is 0.983. The van der Waals surface area contributed by atoms with Gasteiger partial charge in [-0.2, -0.15) is 0 Å². The number of rotatable bonds is 6. The maximum absolute atomic E-state index is 13.7. The highest BCUT2D eigenvalue weighted by atomic mass is 19.3. The molecule has 0 bridgehead atoms. The lowest BCUT2D eigenvalue weighted by Crippen LogP contribution is -2.14. The molecular formula is C15H22F2O. The van der Waals surface area contributed by atoms with Crippen LogP contribution in [0, 0.1) is 5.92 Å². The van der Waals surface area contributed by atoms with Gasteiger partial charge in [0.15, 0.2) is 0 Å². The van der Waals surface area contributed by atoms with Crippen molar-refractivity contribution >= 4 is 0 Å². The van der Waals surface area contributed by atoms with E-state index in [4.69, 9.17) is 0 Å². The van der Waals surface area contributed by atoms with Gasteiger partial charge in [-0.1, -0.05) is 51.5 Å². The molecule has 102 valence electrons. The first kappa shape index (κ1) is 15.1. The number of hydrogen-bond donors (Lipinski definition) is 1. The van der Waals surface area contributed by atoms with Crippen molar-refractivity contribution in [2.45, 2.75) is 45.5 Å². The van der Waals surface area contributed by atoms with Crippen LogP contribution >= 0.6 is 0 Å². The van der Waals surface area contributed by atoms with Gasteiger partial charge < -0.3 is 5.11 Å². The van der Waals surface area contributed by atoms with Gasteiger partial charge in [-0.25, -0.2) is 8.78 Å². The molecule has 1 unspecified atom stereocenters. The Labute approximate surface area is 108 Å². The second kappa shape index (κ2) is 6.28. The molecule has 0 radical (unpaired) electrons. The van der Waals surface area contributed by atoms with Crippen molar-refractivity contribution in [3.05, 3.63) is 35.4 Å². The summed E-state index contributed by atoms with van der Waals surface area (Å²) in [4.78, 5) is 0. The first-order valence-electron chi connectivity index (χ1n) is 6.51. The normalized spacial score (nSPS) is 13.9. The van der Waals surface area contributed by atoms with Gasteiger partial charge in [0.05, 0.1) is 6.61 Å². The standard InChI is InChI=1S/C15H22F2O/c1-4-9-15(16,17)13-7-5-12(6-8-13)14(10-18)11(2)3/h5-8,11,14,18H,4,9-10H2,1-3H3. The molecule has 0 aromatic heterocycles. The third-order valence-electron chi connectivity index (χ3n) is 3.33. The van der Waals surface area contributed by atoms with E-state index in [1.54, 1.807) is 19.1 Å². The van der Waals surface area contributed by atoms with Gasteiger partial charge >= 0.3 is 0 Å². The van der Waals surface area contributed by atoms with Crippen LogP contribution < -0.4 is 0 Å². The summed E-state index contributed by atoms with van der Waals surface area (Å²) in [6.07, 6.45) is 0.333. The smallest absolute Gasteiger partial charge is 0.273 e. The van der Waals surface area contributed by atoms with Crippen molar-refractivity contribution in [3.8, 4) is 0 Å². The third kappa shape index (κ3) is 3.52. The molecule has 1 aromatic rings. The number of aliphatic hydroxyl groups is 1. The number of benzene rings is 1. The quantitative estimate of drug-likeness (QED) is 0.804. The summed E-state index contributed by atoms with van der Waals surface area (Å²) in [6.45, 7) is 5.83. The molecule has 0 fully saturated rings. The fourth-order valence-electron chi connectivity index (χ4n) is 2.13. The van der Waals surface area contributed by atoms with Crippen LogP contribution in [0.3, 0.4) is 0 Å². The number of alkyl halides is 2. The SMILES string of the molecule is CCCC(F)(F)c1ccc(C(CO)C(C)C)cc1. The third-order valence-corrected chi connectivity index (χ3v) is 3.33. The second-order valence-corrected chi connectivity index (χ2v) is 5.11. The van der Waals surface area contributed by atoms with Crippen molar-refractivity contribution in [2.75, 3.05) is 6.61 Å². The summed E-state index contributed by atoms with van der Waals surface area (Å²) in [6, 6.07) is 6.38. The minimum absolute atomic E-state index is 0.0128. The lowest BCUT2D eigenvalue weighted by molar-refractivity contribution is -0.0140. The summed E-state index contributed by atoms with van der Waals surface area (Å²) >= 11 is 0. The minimum Gasteiger partial charge on any atom is -0.396 e. The summed E-state index contributed by atoms with van der Waals surface area (Å²) in [5, 5.41) is 9.32. The Kier molecular flexibility index (Phi) is 5.27. The van der Waals surface area contributed by atoms with E-state index in [0.717, 1.165) is 5.56 Å². The highest BCUT2D eigenvalue weighted by Gasteiger charge is 2.30. The van der Waals surface area contributed by atoms with Crippen molar-refractivity contribution in [2.24, 2.45) is 5.92 Å². The molecule has 1 N–H and O–H groups in total. The molecule has 18 heavy (non-hydrogen) atoms. The van der Waals surface area contributed by atoms with Gasteiger partial charge in [-0.15, -0.1) is 0 Å². The number of aliphatic hydroxyl groups excluding tert-OH is 1. The van der Waals surface area contributed by atoms with Crippen LogP contribution in [0.15, 0.2) is 24.3 Å². The molecule has 0 aliphatic carbocycles. The van der Waals surface area contributed by atoms with Gasteiger partial charge in [-0.05, 0) is 11.5 Å². The molecule has 3 heteroatoms. The second-order valence-electron chi connectivity index (χ2n) is 5.11.